The maximum atomic E-state index is 12.1. The smallest absolute Gasteiger partial charge is 0.257 e. The van der Waals surface area contributed by atoms with E-state index in [9.17, 15) is 4.79 Å². The molecule has 35 heavy (non-hydrogen) atoms. The summed E-state index contributed by atoms with van der Waals surface area (Å²) in [5.41, 5.74) is 2.15. The fraction of sp³-hybridized carbons (Fsp3) is 0.286. The molecular weight excluding hydrogens is 462 g/mol. The number of hydrogen-bond acceptors (Lipinski definition) is 4. The SMILES string of the molecule is O=C(COc1ccc(Cl)cc1)NCCCc1nc2ccccc2n1CCCCOc1ccccc1. The third kappa shape index (κ3) is 7.49. The lowest BCUT2D eigenvalue weighted by Crippen LogP contribution is -2.30. The van der Waals surface area contributed by atoms with Gasteiger partial charge in [-0.1, -0.05) is 41.9 Å². The Labute approximate surface area is 210 Å². The highest BCUT2D eigenvalue weighted by atomic mass is 35.5. The molecule has 1 amide bonds. The van der Waals surface area contributed by atoms with Crippen LogP contribution in [0.3, 0.4) is 0 Å². The number of unbranched alkanes of at least 4 members (excludes halogenated alkanes) is 1. The third-order valence-electron chi connectivity index (χ3n) is 5.60. The molecule has 0 aliphatic rings. The third-order valence-corrected chi connectivity index (χ3v) is 5.86. The molecule has 4 aromatic rings. The summed E-state index contributed by atoms with van der Waals surface area (Å²) >= 11 is 5.86. The summed E-state index contributed by atoms with van der Waals surface area (Å²) in [5.74, 6) is 2.42. The molecule has 0 bridgehead atoms. The van der Waals surface area contributed by atoms with E-state index in [2.05, 4.69) is 16.0 Å². The zero-order valence-electron chi connectivity index (χ0n) is 19.7. The number of aryl methyl sites for hydroxylation is 2. The van der Waals surface area contributed by atoms with Gasteiger partial charge in [-0.15, -0.1) is 0 Å². The highest BCUT2D eigenvalue weighted by molar-refractivity contribution is 6.30. The number of nitrogens with zero attached hydrogens (tertiary/aromatic N) is 2. The van der Waals surface area contributed by atoms with E-state index in [0.29, 0.717) is 23.9 Å². The van der Waals surface area contributed by atoms with E-state index in [1.807, 2.05) is 48.5 Å². The topological polar surface area (TPSA) is 65.4 Å². The summed E-state index contributed by atoms with van der Waals surface area (Å²) in [6.07, 6.45) is 3.55. The standard InChI is InChI=1S/C28H30ClN3O3/c29-22-14-16-24(17-15-22)35-21-28(33)30-18-8-13-27-31-25-11-4-5-12-26(25)32(27)19-6-7-20-34-23-9-2-1-3-10-23/h1-5,9-12,14-17H,6-8,13,18-21H2,(H,30,33). The number of imidazole rings is 1. The molecule has 1 heterocycles. The molecule has 7 heteroatoms. The second-order valence-electron chi connectivity index (χ2n) is 8.23. The Morgan fingerprint density at radius 3 is 2.43 bits per heavy atom. The fourth-order valence-electron chi connectivity index (χ4n) is 3.85. The molecule has 0 fully saturated rings. The summed E-state index contributed by atoms with van der Waals surface area (Å²) in [6, 6.07) is 25.1. The van der Waals surface area contributed by atoms with Gasteiger partial charge in [0.1, 0.15) is 17.3 Å². The zero-order chi connectivity index (χ0) is 24.3. The lowest BCUT2D eigenvalue weighted by atomic mass is 10.2. The van der Waals surface area contributed by atoms with Crippen LogP contribution in [0.4, 0.5) is 0 Å². The number of amides is 1. The Balaban J connectivity index is 1.22. The number of carbonyl (C=O) groups excluding carboxylic acids is 1. The van der Waals surface area contributed by atoms with Crippen LogP contribution >= 0.6 is 11.6 Å². The van der Waals surface area contributed by atoms with Crippen LogP contribution in [0.5, 0.6) is 11.5 Å². The molecule has 4 rings (SSSR count). The van der Waals surface area contributed by atoms with Crippen molar-refractivity contribution in [3.63, 3.8) is 0 Å². The number of benzene rings is 3. The van der Waals surface area contributed by atoms with Crippen molar-refractivity contribution in [1.82, 2.24) is 14.9 Å². The number of carbonyl (C=O) groups is 1. The van der Waals surface area contributed by atoms with Crippen LogP contribution in [0, 0.1) is 0 Å². The number of halogens is 1. The molecule has 0 spiro atoms. The number of fused-ring (bicyclic) bond motifs is 1. The van der Waals surface area contributed by atoms with Crippen molar-refractivity contribution in [2.45, 2.75) is 32.2 Å². The zero-order valence-corrected chi connectivity index (χ0v) is 20.4. The largest absolute Gasteiger partial charge is 0.494 e. The van der Waals surface area contributed by atoms with Gasteiger partial charge in [-0.25, -0.2) is 4.98 Å². The fourth-order valence-corrected chi connectivity index (χ4v) is 3.98. The summed E-state index contributed by atoms with van der Waals surface area (Å²) in [4.78, 5) is 17.0. The Kier molecular flexibility index (Phi) is 9.01. The molecule has 6 nitrogen and oxygen atoms in total. The van der Waals surface area contributed by atoms with Crippen molar-refractivity contribution in [3.05, 3.63) is 89.7 Å². The van der Waals surface area contributed by atoms with Gasteiger partial charge in [0.25, 0.3) is 5.91 Å². The number of aromatic nitrogens is 2. The number of rotatable bonds is 13. The quantitative estimate of drug-likeness (QED) is 0.244. The van der Waals surface area contributed by atoms with Crippen LogP contribution in [0.2, 0.25) is 5.02 Å². The molecule has 182 valence electrons. The number of hydrogen-bond donors (Lipinski definition) is 1. The van der Waals surface area contributed by atoms with Gasteiger partial charge in [-0.3, -0.25) is 4.79 Å². The van der Waals surface area contributed by atoms with Gasteiger partial charge in [0.05, 0.1) is 17.6 Å². The Hall–Kier alpha value is -3.51. The maximum Gasteiger partial charge on any atom is 0.257 e. The van der Waals surface area contributed by atoms with Crippen molar-refractivity contribution in [3.8, 4) is 11.5 Å². The normalized spacial score (nSPS) is 10.9. The number of para-hydroxylation sites is 3. The molecule has 3 aromatic carbocycles. The van der Waals surface area contributed by atoms with Crippen LogP contribution in [-0.4, -0.2) is 35.2 Å². The molecule has 0 unspecified atom stereocenters. The van der Waals surface area contributed by atoms with E-state index in [4.69, 9.17) is 26.1 Å². The van der Waals surface area contributed by atoms with Crippen LogP contribution in [0.25, 0.3) is 11.0 Å². The summed E-state index contributed by atoms with van der Waals surface area (Å²) in [5, 5.41) is 3.55. The highest BCUT2D eigenvalue weighted by Crippen LogP contribution is 2.19. The first-order chi connectivity index (χ1) is 17.2. The van der Waals surface area contributed by atoms with E-state index in [1.165, 1.54) is 0 Å². The minimum absolute atomic E-state index is 0.0226. The van der Waals surface area contributed by atoms with Crippen molar-refractivity contribution < 1.29 is 14.3 Å². The van der Waals surface area contributed by atoms with E-state index >= 15 is 0 Å². The van der Waals surface area contributed by atoms with E-state index in [1.54, 1.807) is 24.3 Å². The monoisotopic (exact) mass is 491 g/mol. The summed E-state index contributed by atoms with van der Waals surface area (Å²) in [7, 11) is 0. The molecule has 1 aromatic heterocycles. The average Bonchev–Trinajstić information content (AvgIpc) is 3.24. The van der Waals surface area contributed by atoms with E-state index in [-0.39, 0.29) is 12.5 Å². The van der Waals surface area contributed by atoms with Crippen LogP contribution in [0.15, 0.2) is 78.9 Å². The number of nitrogens with one attached hydrogen (secondary N) is 1. The van der Waals surface area contributed by atoms with Crippen LogP contribution in [0.1, 0.15) is 25.1 Å². The van der Waals surface area contributed by atoms with Crippen LogP contribution < -0.4 is 14.8 Å². The minimum atomic E-state index is -0.146. The molecule has 0 saturated carbocycles. The average molecular weight is 492 g/mol. The molecular formula is C28H30ClN3O3. The lowest BCUT2D eigenvalue weighted by molar-refractivity contribution is -0.123. The van der Waals surface area contributed by atoms with Gasteiger partial charge in [0, 0.05) is 24.5 Å². The first-order valence-corrected chi connectivity index (χ1v) is 12.3. The van der Waals surface area contributed by atoms with E-state index in [0.717, 1.165) is 54.8 Å². The summed E-state index contributed by atoms with van der Waals surface area (Å²) < 4.78 is 13.6. The van der Waals surface area contributed by atoms with Gasteiger partial charge < -0.3 is 19.4 Å². The molecule has 0 aliphatic heterocycles. The summed E-state index contributed by atoms with van der Waals surface area (Å²) in [6.45, 7) is 2.12. The second kappa shape index (κ2) is 12.8. The van der Waals surface area contributed by atoms with Gasteiger partial charge in [-0.2, -0.15) is 0 Å². The minimum Gasteiger partial charge on any atom is -0.494 e. The molecule has 0 atom stereocenters. The highest BCUT2D eigenvalue weighted by Gasteiger charge is 2.10. The Morgan fingerprint density at radius 2 is 1.60 bits per heavy atom. The van der Waals surface area contributed by atoms with E-state index < -0.39 is 0 Å². The molecule has 0 aliphatic carbocycles. The van der Waals surface area contributed by atoms with Gasteiger partial charge in [-0.05, 0) is 67.8 Å². The first-order valence-electron chi connectivity index (χ1n) is 12.0. The Morgan fingerprint density at radius 1 is 0.857 bits per heavy atom. The molecule has 0 radical (unpaired) electrons. The van der Waals surface area contributed by atoms with Gasteiger partial charge in [0.15, 0.2) is 6.61 Å². The Bertz CT molecular complexity index is 1210. The van der Waals surface area contributed by atoms with Crippen molar-refractivity contribution in [2.24, 2.45) is 0 Å². The van der Waals surface area contributed by atoms with Crippen molar-refractivity contribution >= 4 is 28.5 Å². The molecule has 0 saturated heterocycles. The van der Waals surface area contributed by atoms with Gasteiger partial charge >= 0.3 is 0 Å². The molecule has 1 N–H and O–H groups in total. The maximum absolute atomic E-state index is 12.1. The van der Waals surface area contributed by atoms with Crippen molar-refractivity contribution in [2.75, 3.05) is 19.8 Å². The first kappa shape index (κ1) is 24.6. The lowest BCUT2D eigenvalue weighted by Gasteiger charge is -2.11. The second-order valence-corrected chi connectivity index (χ2v) is 8.67. The number of ether oxygens (including phenoxy) is 2. The predicted octanol–water partition coefficient (Wildman–Crippen LogP) is 5.68. The predicted molar refractivity (Wildman–Crippen MR) is 139 cm³/mol. The van der Waals surface area contributed by atoms with Crippen molar-refractivity contribution in [1.29, 1.82) is 0 Å². The van der Waals surface area contributed by atoms with Gasteiger partial charge in [0.2, 0.25) is 0 Å². The van der Waals surface area contributed by atoms with Crippen LogP contribution in [-0.2, 0) is 17.8 Å².